The highest BCUT2D eigenvalue weighted by molar-refractivity contribution is 6.32. The average Bonchev–Trinajstić information content (AvgIpc) is 2.76. The molecule has 0 aliphatic carbocycles. The van der Waals surface area contributed by atoms with Crippen LogP contribution in [-0.4, -0.2) is 43.2 Å². The zero-order valence-corrected chi connectivity index (χ0v) is 17.1. The van der Waals surface area contributed by atoms with Crippen LogP contribution in [0.1, 0.15) is 11.1 Å². The van der Waals surface area contributed by atoms with E-state index in [0.717, 1.165) is 11.6 Å². The number of nitrogens with zero attached hydrogens (tertiary/aromatic N) is 1. The van der Waals surface area contributed by atoms with Gasteiger partial charge in [-0.3, -0.25) is 14.9 Å². The van der Waals surface area contributed by atoms with Crippen LogP contribution in [0.5, 0.6) is 11.5 Å². The molecule has 1 N–H and O–H groups in total. The average molecular weight is 447 g/mol. The number of fused-ring (bicyclic) bond motifs is 1. The van der Waals surface area contributed by atoms with E-state index in [4.69, 9.17) is 25.8 Å². The van der Waals surface area contributed by atoms with Crippen LogP contribution >= 0.6 is 11.6 Å². The van der Waals surface area contributed by atoms with E-state index < -0.39 is 23.4 Å². The van der Waals surface area contributed by atoms with E-state index in [1.54, 1.807) is 0 Å². The Morgan fingerprint density at radius 3 is 2.71 bits per heavy atom. The number of carbonyl (C=O) groups excluding carboxylic acids is 2. The summed E-state index contributed by atoms with van der Waals surface area (Å²) >= 11 is 5.74. The molecule has 0 radical (unpaired) electrons. The van der Waals surface area contributed by atoms with Crippen LogP contribution in [0.25, 0.3) is 6.08 Å². The van der Waals surface area contributed by atoms with Crippen LogP contribution < -0.4 is 14.8 Å². The molecule has 2 aromatic carbocycles. The number of rotatable bonds is 8. The number of benzene rings is 2. The molecule has 1 heterocycles. The minimum absolute atomic E-state index is 0.00218. The van der Waals surface area contributed by atoms with Crippen molar-refractivity contribution in [2.24, 2.45) is 0 Å². The van der Waals surface area contributed by atoms with Crippen molar-refractivity contribution in [3.63, 3.8) is 0 Å². The summed E-state index contributed by atoms with van der Waals surface area (Å²) in [7, 11) is 0. The van der Waals surface area contributed by atoms with Gasteiger partial charge in [0.25, 0.3) is 11.6 Å². The number of hydrogen-bond donors (Lipinski definition) is 1. The van der Waals surface area contributed by atoms with Gasteiger partial charge in [0.15, 0.2) is 18.1 Å². The summed E-state index contributed by atoms with van der Waals surface area (Å²) in [5.74, 6) is 0.190. The molecule has 31 heavy (non-hydrogen) atoms. The normalized spacial score (nSPS) is 12.4. The van der Waals surface area contributed by atoms with Crippen molar-refractivity contribution in [2.75, 3.05) is 26.4 Å². The maximum atomic E-state index is 11.9. The highest BCUT2D eigenvalue weighted by Gasteiger charge is 2.13. The molecule has 3 rings (SSSR count). The van der Waals surface area contributed by atoms with Crippen LogP contribution in [0.4, 0.5) is 5.69 Å². The first-order valence-electron chi connectivity index (χ1n) is 9.36. The third kappa shape index (κ3) is 6.45. The van der Waals surface area contributed by atoms with Crippen molar-refractivity contribution in [2.45, 2.75) is 6.42 Å². The Labute approximate surface area is 182 Å². The van der Waals surface area contributed by atoms with Crippen LogP contribution in [0.2, 0.25) is 5.02 Å². The largest absolute Gasteiger partial charge is 0.486 e. The van der Waals surface area contributed by atoms with Crippen molar-refractivity contribution in [3.8, 4) is 11.5 Å². The molecular formula is C21H19ClN2O7. The summed E-state index contributed by atoms with van der Waals surface area (Å²) in [6, 6.07) is 9.70. The fourth-order valence-electron chi connectivity index (χ4n) is 2.76. The Hall–Kier alpha value is -3.59. The summed E-state index contributed by atoms with van der Waals surface area (Å²) < 4.78 is 15.8. The van der Waals surface area contributed by atoms with Crippen molar-refractivity contribution >= 4 is 35.2 Å². The highest BCUT2D eigenvalue weighted by Crippen LogP contribution is 2.30. The van der Waals surface area contributed by atoms with Gasteiger partial charge in [-0.1, -0.05) is 23.7 Å². The second-order valence-corrected chi connectivity index (χ2v) is 6.89. The topological polar surface area (TPSA) is 117 Å². The van der Waals surface area contributed by atoms with Crippen molar-refractivity contribution < 1.29 is 28.7 Å². The van der Waals surface area contributed by atoms with E-state index >= 15 is 0 Å². The Kier molecular flexibility index (Phi) is 7.45. The van der Waals surface area contributed by atoms with Gasteiger partial charge in [0, 0.05) is 18.7 Å². The minimum Gasteiger partial charge on any atom is -0.486 e. The molecule has 162 valence electrons. The summed E-state index contributed by atoms with van der Waals surface area (Å²) in [5, 5.41) is 13.5. The molecule has 9 nitrogen and oxygen atoms in total. The molecule has 0 aromatic heterocycles. The third-order valence-electron chi connectivity index (χ3n) is 4.27. The lowest BCUT2D eigenvalue weighted by atomic mass is 10.1. The highest BCUT2D eigenvalue weighted by atomic mass is 35.5. The Bertz CT molecular complexity index is 1020. The number of ether oxygens (including phenoxy) is 3. The van der Waals surface area contributed by atoms with E-state index in [2.05, 4.69) is 5.32 Å². The van der Waals surface area contributed by atoms with Gasteiger partial charge in [-0.15, -0.1) is 0 Å². The standard InChI is InChI=1S/C21H19ClN2O7/c22-16-4-1-14(11-17(16)24(27)28)3-6-21(26)31-13-20(25)23-8-7-15-2-5-18-19(12-15)30-10-9-29-18/h1-6,11-12H,7-10,13H2,(H,23,25)/b6-3+. The van der Waals surface area contributed by atoms with E-state index in [1.807, 2.05) is 18.2 Å². The van der Waals surface area contributed by atoms with Gasteiger partial charge in [-0.2, -0.15) is 0 Å². The molecule has 0 unspecified atom stereocenters. The van der Waals surface area contributed by atoms with Gasteiger partial charge in [0.05, 0.1) is 4.92 Å². The lowest BCUT2D eigenvalue weighted by molar-refractivity contribution is -0.384. The van der Waals surface area contributed by atoms with Crippen LogP contribution in [0.3, 0.4) is 0 Å². The van der Waals surface area contributed by atoms with E-state index in [0.29, 0.717) is 43.2 Å². The van der Waals surface area contributed by atoms with Gasteiger partial charge < -0.3 is 19.5 Å². The Morgan fingerprint density at radius 1 is 1.16 bits per heavy atom. The van der Waals surface area contributed by atoms with Gasteiger partial charge in [0.2, 0.25) is 0 Å². The van der Waals surface area contributed by atoms with Gasteiger partial charge in [-0.25, -0.2) is 4.79 Å². The van der Waals surface area contributed by atoms with E-state index in [9.17, 15) is 19.7 Å². The first kappa shape index (κ1) is 22.1. The second kappa shape index (κ2) is 10.4. The number of halogens is 1. The van der Waals surface area contributed by atoms with Crippen molar-refractivity contribution in [1.82, 2.24) is 5.32 Å². The smallest absolute Gasteiger partial charge is 0.331 e. The molecular weight excluding hydrogens is 428 g/mol. The number of nitrogens with one attached hydrogen (secondary N) is 1. The Balaban J connectivity index is 1.40. The summed E-state index contributed by atoms with van der Waals surface area (Å²) in [6.07, 6.45) is 2.99. The number of amides is 1. The number of esters is 1. The lowest BCUT2D eigenvalue weighted by Gasteiger charge is -2.18. The molecule has 1 aliphatic rings. The summed E-state index contributed by atoms with van der Waals surface area (Å²) in [5.41, 5.74) is 1.10. The lowest BCUT2D eigenvalue weighted by Crippen LogP contribution is -2.30. The van der Waals surface area contributed by atoms with E-state index in [-0.39, 0.29) is 10.7 Å². The quantitative estimate of drug-likeness (QED) is 0.286. The molecule has 0 spiro atoms. The number of nitro benzene ring substituents is 1. The summed E-state index contributed by atoms with van der Waals surface area (Å²) in [4.78, 5) is 33.9. The zero-order valence-electron chi connectivity index (χ0n) is 16.3. The molecule has 0 fully saturated rings. The van der Waals surface area contributed by atoms with Crippen LogP contribution in [0, 0.1) is 10.1 Å². The number of carbonyl (C=O) groups is 2. The van der Waals surface area contributed by atoms with Gasteiger partial charge in [0.1, 0.15) is 18.2 Å². The monoisotopic (exact) mass is 446 g/mol. The Morgan fingerprint density at radius 2 is 1.94 bits per heavy atom. The van der Waals surface area contributed by atoms with Crippen molar-refractivity contribution in [3.05, 3.63) is 68.7 Å². The third-order valence-corrected chi connectivity index (χ3v) is 4.59. The molecule has 0 atom stereocenters. The summed E-state index contributed by atoms with van der Waals surface area (Å²) in [6.45, 7) is 0.948. The van der Waals surface area contributed by atoms with Gasteiger partial charge in [-0.05, 0) is 41.8 Å². The molecule has 2 aromatic rings. The first-order chi connectivity index (χ1) is 14.9. The maximum absolute atomic E-state index is 11.9. The van der Waals surface area contributed by atoms with Crippen LogP contribution in [0.15, 0.2) is 42.5 Å². The number of hydrogen-bond acceptors (Lipinski definition) is 7. The molecule has 10 heteroatoms. The zero-order chi connectivity index (χ0) is 22.2. The molecule has 0 saturated carbocycles. The van der Waals surface area contributed by atoms with Crippen molar-refractivity contribution in [1.29, 1.82) is 0 Å². The first-order valence-corrected chi connectivity index (χ1v) is 9.74. The maximum Gasteiger partial charge on any atom is 0.331 e. The fourth-order valence-corrected chi connectivity index (χ4v) is 2.95. The molecule has 0 saturated heterocycles. The molecule has 0 bridgehead atoms. The van der Waals surface area contributed by atoms with E-state index in [1.165, 1.54) is 24.3 Å². The van der Waals surface area contributed by atoms with Crippen LogP contribution in [-0.2, 0) is 20.7 Å². The second-order valence-electron chi connectivity index (χ2n) is 6.49. The number of nitro groups is 1. The minimum atomic E-state index is -0.750. The molecule has 1 amide bonds. The predicted octanol–water partition coefficient (Wildman–Crippen LogP) is 2.93. The fraction of sp³-hybridized carbons (Fsp3) is 0.238. The van der Waals surface area contributed by atoms with Gasteiger partial charge >= 0.3 is 5.97 Å². The SMILES string of the molecule is O=C(COC(=O)/C=C/c1ccc(Cl)c([N+](=O)[O-])c1)NCCc1ccc2c(c1)OCCO2. The molecule has 1 aliphatic heterocycles. The predicted molar refractivity (Wildman–Crippen MR) is 112 cm³/mol.